The molecule has 6 N–H and O–H groups in total. The van der Waals surface area contributed by atoms with Crippen LogP contribution in [0, 0.1) is 0 Å². The lowest BCUT2D eigenvalue weighted by atomic mass is 9.99. The molecule has 1 aliphatic heterocycles. The summed E-state index contributed by atoms with van der Waals surface area (Å²) in [4.78, 5) is 11.6. The van der Waals surface area contributed by atoms with Crippen LogP contribution in [0.4, 0.5) is 0 Å². The summed E-state index contributed by atoms with van der Waals surface area (Å²) >= 11 is 0. The molecule has 0 unspecified atom stereocenters. The van der Waals surface area contributed by atoms with Crippen molar-refractivity contribution in [2.24, 2.45) is 5.73 Å². The summed E-state index contributed by atoms with van der Waals surface area (Å²) in [6.45, 7) is -0.586. The molecule has 0 bridgehead atoms. The monoisotopic (exact) mass is 313 g/mol. The zero-order valence-corrected chi connectivity index (χ0v) is 11.6. The second-order valence-electron chi connectivity index (χ2n) is 5.03. The van der Waals surface area contributed by atoms with Crippen molar-refractivity contribution in [2.45, 2.75) is 36.8 Å². The van der Waals surface area contributed by atoms with Crippen LogP contribution in [-0.4, -0.2) is 63.6 Å². The second kappa shape index (κ2) is 7.14. The maximum absolute atomic E-state index is 11.6. The Balaban J connectivity index is 2.17. The van der Waals surface area contributed by atoms with Crippen molar-refractivity contribution in [2.75, 3.05) is 6.61 Å². The third-order valence-corrected chi connectivity index (χ3v) is 3.48. The number of hydrogen-bond donors (Lipinski definition) is 5. The molecule has 0 aromatic heterocycles. The Bertz CT molecular complexity index is 495. The summed E-state index contributed by atoms with van der Waals surface area (Å²) in [7, 11) is 0. The Hall–Kier alpha value is -1.55. The Labute approximate surface area is 126 Å². The van der Waals surface area contributed by atoms with Gasteiger partial charge in [0.25, 0.3) is 5.91 Å². The fraction of sp³-hybridized carbons (Fsp3) is 0.500. The lowest BCUT2D eigenvalue weighted by molar-refractivity contribution is -0.309. The van der Waals surface area contributed by atoms with Crippen LogP contribution in [0.15, 0.2) is 30.3 Å². The fourth-order valence-corrected chi connectivity index (χ4v) is 2.25. The maximum Gasteiger partial charge on any atom is 0.251 e. The molecule has 1 aromatic carbocycles. The number of aliphatic hydroxyl groups is 4. The van der Waals surface area contributed by atoms with E-state index in [1.165, 1.54) is 0 Å². The van der Waals surface area contributed by atoms with Crippen LogP contribution in [0.2, 0.25) is 0 Å². The molecule has 1 fully saturated rings. The minimum Gasteiger partial charge on any atom is -0.394 e. The zero-order chi connectivity index (χ0) is 16.3. The highest BCUT2D eigenvalue weighted by Gasteiger charge is 2.45. The lowest BCUT2D eigenvalue weighted by Crippen LogP contribution is -2.59. The highest BCUT2D eigenvalue weighted by Crippen LogP contribution is 2.27. The average molecular weight is 313 g/mol. The molecule has 122 valence electrons. The number of nitrogens with two attached hydrogens (primary N) is 1. The minimum atomic E-state index is -1.59. The average Bonchev–Trinajstić information content (AvgIpc) is 2.52. The van der Waals surface area contributed by atoms with Gasteiger partial charge in [0.1, 0.15) is 24.4 Å². The lowest BCUT2D eigenvalue weighted by Gasteiger charge is -2.40. The van der Waals surface area contributed by atoms with E-state index < -0.39 is 49.3 Å². The van der Waals surface area contributed by atoms with E-state index >= 15 is 0 Å². The van der Waals surface area contributed by atoms with Crippen LogP contribution in [0.25, 0.3) is 0 Å². The third-order valence-electron chi connectivity index (χ3n) is 3.48. The molecular formula is C14H19NO7. The van der Waals surface area contributed by atoms with Gasteiger partial charge in [-0.15, -0.1) is 0 Å². The van der Waals surface area contributed by atoms with Crippen LogP contribution >= 0.6 is 0 Å². The molecule has 2 rings (SSSR count). The Morgan fingerprint density at radius 3 is 2.36 bits per heavy atom. The molecule has 6 atom stereocenters. The molecule has 0 aliphatic carbocycles. The van der Waals surface area contributed by atoms with Gasteiger partial charge in [0.05, 0.1) is 6.61 Å². The maximum atomic E-state index is 11.6. The van der Waals surface area contributed by atoms with Crippen molar-refractivity contribution in [3.8, 4) is 0 Å². The van der Waals surface area contributed by atoms with Crippen LogP contribution in [0.5, 0.6) is 0 Å². The van der Waals surface area contributed by atoms with Crippen LogP contribution < -0.4 is 5.73 Å². The van der Waals surface area contributed by atoms with E-state index in [4.69, 9.17) is 20.3 Å². The van der Waals surface area contributed by atoms with E-state index in [0.717, 1.165) is 0 Å². The topological polar surface area (TPSA) is 142 Å². The second-order valence-corrected chi connectivity index (χ2v) is 5.03. The summed E-state index contributed by atoms with van der Waals surface area (Å²) in [5, 5.41) is 38.4. The number of benzene rings is 1. The van der Waals surface area contributed by atoms with Gasteiger partial charge < -0.3 is 35.6 Å². The van der Waals surface area contributed by atoms with E-state index in [9.17, 15) is 20.1 Å². The highest BCUT2D eigenvalue weighted by atomic mass is 16.7. The number of amides is 1. The van der Waals surface area contributed by atoms with Crippen LogP contribution in [-0.2, 0) is 14.3 Å². The van der Waals surface area contributed by atoms with E-state index in [1.807, 2.05) is 0 Å². The Kier molecular flexibility index (Phi) is 5.46. The largest absolute Gasteiger partial charge is 0.394 e. The number of aliphatic hydroxyl groups excluding tert-OH is 4. The summed E-state index contributed by atoms with van der Waals surface area (Å²) in [5.41, 5.74) is 5.75. The first kappa shape index (κ1) is 16.8. The van der Waals surface area contributed by atoms with E-state index in [2.05, 4.69) is 0 Å². The fourth-order valence-electron chi connectivity index (χ4n) is 2.25. The standard InChI is InChI=1S/C14H19NO7/c15-13(20)12(7-4-2-1-3-5-7)22-14-11(19)10(18)9(17)8(6-16)21-14/h1-5,8-12,14,16-19H,6H2,(H2,15,20)/t8-,9-,10+,11-,12-,14+/m0/s1. The van der Waals surface area contributed by atoms with Crippen molar-refractivity contribution in [3.05, 3.63) is 35.9 Å². The van der Waals surface area contributed by atoms with Gasteiger partial charge in [-0.1, -0.05) is 30.3 Å². The molecule has 8 nitrogen and oxygen atoms in total. The van der Waals surface area contributed by atoms with Gasteiger partial charge in [0, 0.05) is 0 Å². The van der Waals surface area contributed by atoms with Crippen LogP contribution in [0.1, 0.15) is 11.7 Å². The van der Waals surface area contributed by atoms with Crippen LogP contribution in [0.3, 0.4) is 0 Å². The SMILES string of the molecule is NC(=O)[C@@H](O[C@H]1O[C@@H](CO)[C@H](O)[C@@H](O)[C@@H]1O)c1ccccc1. The van der Waals surface area contributed by atoms with Crippen molar-refractivity contribution in [1.29, 1.82) is 0 Å². The number of primary amides is 1. The number of rotatable bonds is 5. The molecule has 1 aliphatic rings. The molecule has 1 amide bonds. The summed E-state index contributed by atoms with van der Waals surface area (Å²) in [6.07, 6.45) is -8.42. The van der Waals surface area contributed by atoms with Gasteiger partial charge in [-0.3, -0.25) is 4.79 Å². The highest BCUT2D eigenvalue weighted by molar-refractivity contribution is 5.80. The number of ether oxygens (including phenoxy) is 2. The van der Waals surface area contributed by atoms with E-state index in [-0.39, 0.29) is 0 Å². The van der Waals surface area contributed by atoms with Crippen molar-refractivity contribution >= 4 is 5.91 Å². The summed E-state index contributed by atoms with van der Waals surface area (Å²) in [6, 6.07) is 8.33. The van der Waals surface area contributed by atoms with Gasteiger partial charge in [-0.25, -0.2) is 0 Å². The smallest absolute Gasteiger partial charge is 0.251 e. The van der Waals surface area contributed by atoms with Gasteiger partial charge in [0.2, 0.25) is 0 Å². The predicted octanol–water partition coefficient (Wildman–Crippen LogP) is -1.97. The number of hydrogen-bond acceptors (Lipinski definition) is 7. The number of carbonyl (C=O) groups excluding carboxylic acids is 1. The molecule has 0 spiro atoms. The van der Waals surface area contributed by atoms with E-state index in [1.54, 1.807) is 30.3 Å². The molecule has 0 radical (unpaired) electrons. The molecule has 0 saturated carbocycles. The molecule has 1 heterocycles. The van der Waals surface area contributed by atoms with E-state index in [0.29, 0.717) is 5.56 Å². The molecule has 1 saturated heterocycles. The molecular weight excluding hydrogens is 294 g/mol. The normalized spacial score (nSPS) is 33.4. The first-order valence-corrected chi connectivity index (χ1v) is 6.76. The van der Waals surface area contributed by atoms with Gasteiger partial charge in [0.15, 0.2) is 12.4 Å². The quantitative estimate of drug-likeness (QED) is 0.424. The predicted molar refractivity (Wildman–Crippen MR) is 73.2 cm³/mol. The first-order chi connectivity index (χ1) is 10.5. The van der Waals surface area contributed by atoms with Crippen molar-refractivity contribution < 1.29 is 34.7 Å². The summed E-state index contributed by atoms with van der Waals surface area (Å²) < 4.78 is 10.6. The summed E-state index contributed by atoms with van der Waals surface area (Å²) in [5.74, 6) is -0.803. The number of carbonyl (C=O) groups is 1. The first-order valence-electron chi connectivity index (χ1n) is 6.76. The molecule has 8 heteroatoms. The van der Waals surface area contributed by atoms with Gasteiger partial charge >= 0.3 is 0 Å². The van der Waals surface area contributed by atoms with Gasteiger partial charge in [-0.2, -0.15) is 0 Å². The third kappa shape index (κ3) is 3.43. The Morgan fingerprint density at radius 2 is 1.82 bits per heavy atom. The van der Waals surface area contributed by atoms with Gasteiger partial charge in [-0.05, 0) is 5.56 Å². The minimum absolute atomic E-state index is 0.451. The van der Waals surface area contributed by atoms with Crippen molar-refractivity contribution in [1.82, 2.24) is 0 Å². The van der Waals surface area contributed by atoms with Crippen molar-refractivity contribution in [3.63, 3.8) is 0 Å². The molecule has 1 aromatic rings. The molecule has 22 heavy (non-hydrogen) atoms. The Morgan fingerprint density at radius 1 is 1.18 bits per heavy atom. The zero-order valence-electron chi connectivity index (χ0n) is 11.6.